The van der Waals surface area contributed by atoms with Crippen LogP contribution in [0, 0.1) is 12.7 Å². The van der Waals surface area contributed by atoms with Crippen LogP contribution in [0.15, 0.2) is 60.8 Å². The third-order valence-electron chi connectivity index (χ3n) is 4.46. The van der Waals surface area contributed by atoms with Gasteiger partial charge in [0.05, 0.1) is 13.0 Å². The van der Waals surface area contributed by atoms with E-state index in [0.29, 0.717) is 17.9 Å². The number of carbonyl (C=O) groups excluding carboxylic acids is 1. The summed E-state index contributed by atoms with van der Waals surface area (Å²) in [5.41, 5.74) is 4.26. The van der Waals surface area contributed by atoms with Crippen molar-refractivity contribution in [3.05, 3.63) is 83.4 Å². The molecule has 1 aromatic heterocycles. The van der Waals surface area contributed by atoms with E-state index in [2.05, 4.69) is 26.2 Å². The van der Waals surface area contributed by atoms with Crippen molar-refractivity contribution in [2.24, 2.45) is 0 Å². The summed E-state index contributed by atoms with van der Waals surface area (Å²) in [5.74, 6) is 0.314. The van der Waals surface area contributed by atoms with Gasteiger partial charge in [0.25, 0.3) is 0 Å². The van der Waals surface area contributed by atoms with Crippen LogP contribution in [-0.2, 0) is 17.8 Å². The molecule has 0 unspecified atom stereocenters. The molecular weight excluding hydrogens is 435 g/mol. The van der Waals surface area contributed by atoms with Gasteiger partial charge in [-0.2, -0.15) is 0 Å². The zero-order chi connectivity index (χ0) is 20.6. The minimum Gasteiger partial charge on any atom is -0.493 e. The van der Waals surface area contributed by atoms with E-state index in [0.717, 1.165) is 27.8 Å². The smallest absolute Gasteiger partial charge is 0.226 e. The SMILES string of the molecule is Cc1cc(OCCBr)ccc1-c1ccc(CC(=O)NCc2ccccc2F)nc1. The number of hydrogen-bond acceptors (Lipinski definition) is 3. The first-order chi connectivity index (χ1) is 14.1. The van der Waals surface area contributed by atoms with E-state index in [1.165, 1.54) is 6.07 Å². The Kier molecular flexibility index (Phi) is 7.36. The average molecular weight is 457 g/mol. The van der Waals surface area contributed by atoms with Crippen molar-refractivity contribution in [1.29, 1.82) is 0 Å². The number of ether oxygens (including phenoxy) is 1. The van der Waals surface area contributed by atoms with E-state index in [-0.39, 0.29) is 24.7 Å². The summed E-state index contributed by atoms with van der Waals surface area (Å²) in [6, 6.07) is 16.1. The van der Waals surface area contributed by atoms with E-state index in [1.807, 2.05) is 37.3 Å². The lowest BCUT2D eigenvalue weighted by Crippen LogP contribution is -2.25. The van der Waals surface area contributed by atoms with E-state index < -0.39 is 0 Å². The van der Waals surface area contributed by atoms with Crippen molar-refractivity contribution in [1.82, 2.24) is 10.3 Å². The predicted molar refractivity (Wildman–Crippen MR) is 116 cm³/mol. The molecule has 6 heteroatoms. The van der Waals surface area contributed by atoms with Gasteiger partial charge in [-0.05, 0) is 42.3 Å². The second kappa shape index (κ2) is 10.2. The molecule has 2 aromatic carbocycles. The topological polar surface area (TPSA) is 51.2 Å². The standard InChI is InChI=1S/C23H22BrFN2O2/c1-16-12-20(29-11-10-24)8-9-21(16)17-6-7-19(26-14-17)13-23(28)27-15-18-4-2-3-5-22(18)25/h2-9,12,14H,10-11,13,15H2,1H3,(H,27,28). The molecule has 0 saturated heterocycles. The third-order valence-corrected chi connectivity index (χ3v) is 4.78. The van der Waals surface area contributed by atoms with Crippen LogP contribution in [0.4, 0.5) is 4.39 Å². The number of hydrogen-bond donors (Lipinski definition) is 1. The zero-order valence-corrected chi connectivity index (χ0v) is 17.7. The fourth-order valence-corrected chi connectivity index (χ4v) is 3.12. The first kappa shape index (κ1) is 21.0. The molecule has 0 aliphatic rings. The Bertz CT molecular complexity index is 977. The predicted octanol–water partition coefficient (Wildman–Crippen LogP) is 4.83. The van der Waals surface area contributed by atoms with Gasteiger partial charge in [0, 0.05) is 34.9 Å². The van der Waals surface area contributed by atoms with E-state index in [4.69, 9.17) is 4.74 Å². The summed E-state index contributed by atoms with van der Waals surface area (Å²) in [7, 11) is 0. The number of halogens is 2. The van der Waals surface area contributed by atoms with Crippen LogP contribution < -0.4 is 10.1 Å². The maximum atomic E-state index is 13.6. The number of aromatic nitrogens is 1. The summed E-state index contributed by atoms with van der Waals surface area (Å²) >= 11 is 3.35. The van der Waals surface area contributed by atoms with Crippen molar-refractivity contribution < 1.29 is 13.9 Å². The Morgan fingerprint density at radius 3 is 2.69 bits per heavy atom. The number of nitrogens with zero attached hydrogens (tertiary/aromatic N) is 1. The number of pyridine rings is 1. The normalized spacial score (nSPS) is 10.6. The number of carbonyl (C=O) groups is 1. The number of nitrogens with one attached hydrogen (secondary N) is 1. The van der Waals surface area contributed by atoms with Gasteiger partial charge in [0.15, 0.2) is 0 Å². The van der Waals surface area contributed by atoms with Gasteiger partial charge in [0.2, 0.25) is 5.91 Å². The molecule has 1 amide bonds. The Balaban J connectivity index is 1.60. The van der Waals surface area contributed by atoms with Crippen LogP contribution in [0.5, 0.6) is 5.75 Å². The van der Waals surface area contributed by atoms with Crippen molar-refractivity contribution in [2.75, 3.05) is 11.9 Å². The highest BCUT2D eigenvalue weighted by Crippen LogP contribution is 2.26. The van der Waals surface area contributed by atoms with E-state index >= 15 is 0 Å². The van der Waals surface area contributed by atoms with Crippen molar-refractivity contribution in [3.63, 3.8) is 0 Å². The summed E-state index contributed by atoms with van der Waals surface area (Å²) in [5, 5.41) is 3.52. The highest BCUT2D eigenvalue weighted by Gasteiger charge is 2.09. The molecule has 0 spiro atoms. The van der Waals surface area contributed by atoms with E-state index in [1.54, 1.807) is 24.4 Å². The first-order valence-corrected chi connectivity index (χ1v) is 10.4. The minimum absolute atomic E-state index is 0.146. The van der Waals surface area contributed by atoms with E-state index in [9.17, 15) is 9.18 Å². The lowest BCUT2D eigenvalue weighted by Gasteiger charge is -2.10. The van der Waals surface area contributed by atoms with Gasteiger partial charge in [-0.3, -0.25) is 9.78 Å². The molecule has 3 rings (SSSR count). The van der Waals surface area contributed by atoms with Gasteiger partial charge in [-0.15, -0.1) is 0 Å². The maximum absolute atomic E-state index is 13.6. The average Bonchev–Trinajstić information content (AvgIpc) is 2.72. The lowest BCUT2D eigenvalue weighted by atomic mass is 10.0. The molecule has 0 saturated carbocycles. The van der Waals surface area contributed by atoms with Gasteiger partial charge >= 0.3 is 0 Å². The van der Waals surface area contributed by atoms with Crippen LogP contribution in [0.3, 0.4) is 0 Å². The van der Waals surface area contributed by atoms with Crippen LogP contribution in [0.25, 0.3) is 11.1 Å². The maximum Gasteiger partial charge on any atom is 0.226 e. The van der Waals surface area contributed by atoms with Crippen LogP contribution >= 0.6 is 15.9 Å². The second-order valence-electron chi connectivity index (χ2n) is 6.60. The molecule has 1 N–H and O–H groups in total. The van der Waals surface area contributed by atoms with Crippen molar-refractivity contribution in [3.8, 4) is 16.9 Å². The van der Waals surface area contributed by atoms with Gasteiger partial charge in [-0.25, -0.2) is 4.39 Å². The Morgan fingerprint density at radius 1 is 1.17 bits per heavy atom. The summed E-state index contributed by atoms with van der Waals surface area (Å²) in [4.78, 5) is 16.5. The molecule has 29 heavy (non-hydrogen) atoms. The molecule has 0 radical (unpaired) electrons. The molecular formula is C23H22BrFN2O2. The first-order valence-electron chi connectivity index (χ1n) is 9.31. The van der Waals surface area contributed by atoms with Gasteiger partial charge in [-0.1, -0.05) is 46.3 Å². The fourth-order valence-electron chi connectivity index (χ4n) is 2.96. The monoisotopic (exact) mass is 456 g/mol. The molecule has 3 aromatic rings. The molecule has 0 aliphatic carbocycles. The Hall–Kier alpha value is -2.73. The third kappa shape index (κ3) is 5.87. The van der Waals surface area contributed by atoms with Crippen molar-refractivity contribution >= 4 is 21.8 Å². The quantitative estimate of drug-likeness (QED) is 0.493. The van der Waals surface area contributed by atoms with Crippen molar-refractivity contribution in [2.45, 2.75) is 19.9 Å². The van der Waals surface area contributed by atoms with Gasteiger partial charge < -0.3 is 10.1 Å². The van der Waals surface area contributed by atoms with Crippen LogP contribution in [-0.4, -0.2) is 22.8 Å². The number of rotatable bonds is 8. The largest absolute Gasteiger partial charge is 0.493 e. The number of alkyl halides is 1. The Morgan fingerprint density at radius 2 is 2.00 bits per heavy atom. The molecule has 0 bridgehead atoms. The number of amides is 1. The molecule has 4 nitrogen and oxygen atoms in total. The Labute approximate surface area is 178 Å². The highest BCUT2D eigenvalue weighted by atomic mass is 79.9. The zero-order valence-electron chi connectivity index (χ0n) is 16.1. The second-order valence-corrected chi connectivity index (χ2v) is 7.39. The number of aryl methyl sites for hydroxylation is 1. The summed E-state index contributed by atoms with van der Waals surface area (Å²) < 4.78 is 19.2. The molecule has 1 heterocycles. The molecule has 0 fully saturated rings. The fraction of sp³-hybridized carbons (Fsp3) is 0.217. The van der Waals surface area contributed by atoms with Gasteiger partial charge in [0.1, 0.15) is 11.6 Å². The highest BCUT2D eigenvalue weighted by molar-refractivity contribution is 9.09. The summed E-state index contributed by atoms with van der Waals surface area (Å²) in [6.07, 6.45) is 1.91. The minimum atomic E-state index is -0.325. The molecule has 0 aliphatic heterocycles. The molecule has 0 atom stereocenters. The van der Waals surface area contributed by atoms with Crippen LogP contribution in [0.2, 0.25) is 0 Å². The number of benzene rings is 2. The lowest BCUT2D eigenvalue weighted by molar-refractivity contribution is -0.120. The van der Waals surface area contributed by atoms with Crippen LogP contribution in [0.1, 0.15) is 16.8 Å². The summed E-state index contributed by atoms with van der Waals surface area (Å²) in [6.45, 7) is 2.81. The molecule has 150 valence electrons.